The van der Waals surface area contributed by atoms with Crippen LogP contribution in [-0.4, -0.2) is 28.5 Å². The van der Waals surface area contributed by atoms with E-state index in [2.05, 4.69) is 0 Å². The lowest BCUT2D eigenvalue weighted by Crippen LogP contribution is -2.44. The van der Waals surface area contributed by atoms with Crippen LogP contribution in [0, 0.1) is 18.8 Å². The van der Waals surface area contributed by atoms with E-state index in [4.69, 9.17) is 4.42 Å². The molecule has 0 spiro atoms. The highest BCUT2D eigenvalue weighted by atomic mass is 16.3. The average Bonchev–Trinajstić information content (AvgIpc) is 3.51. The monoisotopic (exact) mass is 424 g/mol. The highest BCUT2D eigenvalue weighted by molar-refractivity contribution is 6.24. The van der Waals surface area contributed by atoms with Crippen molar-refractivity contribution < 1.29 is 18.8 Å². The maximum Gasteiger partial charge on any atom is 0.240 e. The van der Waals surface area contributed by atoms with Gasteiger partial charge < -0.3 is 9.32 Å². The zero-order valence-corrected chi connectivity index (χ0v) is 17.3. The van der Waals surface area contributed by atoms with E-state index in [9.17, 15) is 14.4 Å². The fourth-order valence-electron chi connectivity index (χ4n) is 5.37. The predicted molar refractivity (Wildman–Crippen MR) is 118 cm³/mol. The molecule has 6 nitrogen and oxygen atoms in total. The zero-order valence-electron chi connectivity index (χ0n) is 17.3. The van der Waals surface area contributed by atoms with Gasteiger partial charge in [0.1, 0.15) is 6.04 Å². The number of benzene rings is 2. The lowest BCUT2D eigenvalue weighted by atomic mass is 9.84. The Labute approximate surface area is 184 Å². The van der Waals surface area contributed by atoms with Crippen LogP contribution in [0.25, 0.3) is 6.08 Å². The number of nitrogens with zero attached hydrogens (tertiary/aromatic N) is 2. The Hall–Kier alpha value is -3.93. The van der Waals surface area contributed by atoms with E-state index in [1.165, 1.54) is 11.2 Å². The maximum atomic E-state index is 13.7. The second-order valence-electron chi connectivity index (χ2n) is 8.52. The highest BCUT2D eigenvalue weighted by Crippen LogP contribution is 2.53. The number of aryl methyl sites for hydroxylation is 1. The van der Waals surface area contributed by atoms with Gasteiger partial charge in [-0.15, -0.1) is 0 Å². The summed E-state index contributed by atoms with van der Waals surface area (Å²) in [7, 11) is 0. The van der Waals surface area contributed by atoms with E-state index in [1.54, 1.807) is 24.3 Å². The maximum absolute atomic E-state index is 13.7. The fraction of sp³-hybridized carbons (Fsp3) is 0.192. The average molecular weight is 424 g/mol. The first-order valence-corrected chi connectivity index (χ1v) is 10.6. The van der Waals surface area contributed by atoms with Gasteiger partial charge in [0, 0.05) is 6.20 Å². The van der Waals surface area contributed by atoms with E-state index in [1.807, 2.05) is 60.5 Å². The fourth-order valence-corrected chi connectivity index (χ4v) is 5.37. The van der Waals surface area contributed by atoms with Gasteiger partial charge in [-0.3, -0.25) is 14.4 Å². The molecule has 0 aliphatic carbocycles. The van der Waals surface area contributed by atoms with Gasteiger partial charge in [-0.05, 0) is 48.4 Å². The second kappa shape index (κ2) is 6.79. The number of fused-ring (bicyclic) bond motifs is 5. The number of imide groups is 1. The van der Waals surface area contributed by atoms with E-state index in [0.717, 1.165) is 16.7 Å². The summed E-state index contributed by atoms with van der Waals surface area (Å²) in [5, 5.41) is 0. The molecule has 0 N–H and O–H groups in total. The summed E-state index contributed by atoms with van der Waals surface area (Å²) in [6.07, 6.45) is 5.22. The molecule has 0 bridgehead atoms. The summed E-state index contributed by atoms with van der Waals surface area (Å²) in [6, 6.07) is 17.2. The number of amides is 2. The number of carbonyl (C=O) groups excluding carboxylic acids is 3. The van der Waals surface area contributed by atoms with Crippen LogP contribution in [0.5, 0.6) is 0 Å². The summed E-state index contributed by atoms with van der Waals surface area (Å²) < 4.78 is 5.38. The van der Waals surface area contributed by atoms with E-state index < -0.39 is 23.9 Å². The van der Waals surface area contributed by atoms with Gasteiger partial charge in [-0.2, -0.15) is 0 Å². The third kappa shape index (κ3) is 2.49. The Bertz CT molecular complexity index is 1280. The van der Waals surface area contributed by atoms with Crippen molar-refractivity contribution >= 4 is 29.4 Å². The summed E-state index contributed by atoms with van der Waals surface area (Å²) in [6.45, 7) is 1.95. The van der Waals surface area contributed by atoms with Crippen LogP contribution in [0.15, 0.2) is 77.5 Å². The molecule has 0 saturated carbocycles. The van der Waals surface area contributed by atoms with Gasteiger partial charge in [0.2, 0.25) is 17.6 Å². The van der Waals surface area contributed by atoms with E-state index >= 15 is 0 Å². The minimum Gasteiger partial charge on any atom is -0.461 e. The Morgan fingerprint density at radius 1 is 0.906 bits per heavy atom. The largest absolute Gasteiger partial charge is 0.461 e. The minimum atomic E-state index is -0.812. The Kier molecular flexibility index (Phi) is 3.99. The number of furan rings is 1. The lowest BCUT2D eigenvalue weighted by Gasteiger charge is -2.35. The van der Waals surface area contributed by atoms with Crippen molar-refractivity contribution in [3.63, 3.8) is 0 Å². The van der Waals surface area contributed by atoms with Gasteiger partial charge in [0.05, 0.1) is 29.8 Å². The minimum absolute atomic E-state index is 0.190. The number of Topliss-reactive ketones (excluding diaryl/α,β-unsaturated/α-hetero) is 1. The van der Waals surface area contributed by atoms with Crippen molar-refractivity contribution in [1.82, 2.24) is 4.90 Å². The summed E-state index contributed by atoms with van der Waals surface area (Å²) in [5.41, 5.74) is 3.52. The van der Waals surface area contributed by atoms with Crippen molar-refractivity contribution in [2.45, 2.75) is 19.0 Å². The molecular weight excluding hydrogens is 404 g/mol. The second-order valence-corrected chi connectivity index (χ2v) is 8.52. The van der Waals surface area contributed by atoms with Crippen LogP contribution < -0.4 is 4.90 Å². The van der Waals surface area contributed by atoms with E-state index in [0.29, 0.717) is 5.69 Å². The van der Waals surface area contributed by atoms with Gasteiger partial charge >= 0.3 is 0 Å². The van der Waals surface area contributed by atoms with Crippen LogP contribution in [0.1, 0.15) is 33.3 Å². The molecule has 4 heterocycles. The predicted octanol–water partition coefficient (Wildman–Crippen LogP) is 3.99. The summed E-state index contributed by atoms with van der Waals surface area (Å²) in [4.78, 5) is 44.1. The molecule has 3 aliphatic heterocycles. The third-order valence-corrected chi connectivity index (χ3v) is 6.79. The standard InChI is InChI=1S/C26H20N2O4/c1-15-8-10-17(11-9-15)28-25(30)20-21(26(28)31)23(24(29)19-7-4-14-32-19)27-13-12-16-5-2-3-6-18(16)22(20)27/h2-14,20-23H,1H3/t20-,21+,22+,23-/m0/s1. The van der Waals surface area contributed by atoms with Gasteiger partial charge in [0.15, 0.2) is 5.76 Å². The molecule has 158 valence electrons. The molecule has 0 unspecified atom stereocenters. The number of hydrogen-bond donors (Lipinski definition) is 0. The van der Waals surface area contributed by atoms with Gasteiger partial charge in [-0.1, -0.05) is 42.0 Å². The van der Waals surface area contributed by atoms with Crippen molar-refractivity contribution in [3.8, 4) is 0 Å². The molecule has 2 fully saturated rings. The topological polar surface area (TPSA) is 70.8 Å². The molecule has 2 saturated heterocycles. The van der Waals surface area contributed by atoms with Crippen LogP contribution in [0.3, 0.4) is 0 Å². The zero-order chi connectivity index (χ0) is 22.0. The molecule has 1 aromatic heterocycles. The first-order valence-electron chi connectivity index (χ1n) is 10.6. The van der Waals surface area contributed by atoms with Crippen LogP contribution in [0.4, 0.5) is 5.69 Å². The Balaban J connectivity index is 1.50. The number of ketones is 1. The first kappa shape index (κ1) is 18.8. The summed E-state index contributed by atoms with van der Waals surface area (Å²) >= 11 is 0. The molecular formula is C26H20N2O4. The molecule has 0 radical (unpaired) electrons. The first-order chi connectivity index (χ1) is 15.6. The number of hydrogen-bond acceptors (Lipinski definition) is 5. The van der Waals surface area contributed by atoms with Crippen molar-refractivity contribution in [3.05, 3.63) is 95.6 Å². The van der Waals surface area contributed by atoms with Crippen molar-refractivity contribution in [2.75, 3.05) is 4.90 Å². The molecule has 2 amide bonds. The third-order valence-electron chi connectivity index (χ3n) is 6.79. The van der Waals surface area contributed by atoms with Crippen molar-refractivity contribution in [1.29, 1.82) is 0 Å². The van der Waals surface area contributed by atoms with E-state index in [-0.39, 0.29) is 23.4 Å². The molecule has 2 aromatic carbocycles. The van der Waals surface area contributed by atoms with Crippen molar-refractivity contribution in [2.24, 2.45) is 11.8 Å². The number of rotatable bonds is 3. The Morgan fingerprint density at radius 2 is 1.66 bits per heavy atom. The summed E-state index contributed by atoms with van der Waals surface area (Å²) in [5.74, 6) is -2.15. The molecule has 32 heavy (non-hydrogen) atoms. The van der Waals surface area contributed by atoms with Crippen LogP contribution in [-0.2, 0) is 9.59 Å². The normalized spacial score (nSPS) is 25.7. The molecule has 3 aromatic rings. The molecule has 6 heteroatoms. The van der Waals surface area contributed by atoms with Crippen LogP contribution in [0.2, 0.25) is 0 Å². The molecule has 4 atom stereocenters. The number of anilines is 1. The van der Waals surface area contributed by atoms with Crippen LogP contribution >= 0.6 is 0 Å². The lowest BCUT2D eigenvalue weighted by molar-refractivity contribution is -0.123. The smallest absolute Gasteiger partial charge is 0.240 e. The SMILES string of the molecule is Cc1ccc(N2C(=O)[C@@H]3[C@H](C2=O)[C@H]2c4ccccc4C=CN2[C@@H]3C(=O)c2ccco2)cc1. The Morgan fingerprint density at radius 3 is 2.41 bits per heavy atom. The van der Waals surface area contributed by atoms with Gasteiger partial charge in [0.25, 0.3) is 0 Å². The highest BCUT2D eigenvalue weighted by Gasteiger charge is 2.64. The quantitative estimate of drug-likeness (QED) is 0.470. The van der Waals surface area contributed by atoms with Gasteiger partial charge in [-0.25, -0.2) is 4.90 Å². The molecule has 3 aliphatic rings. The number of carbonyl (C=O) groups is 3. The molecule has 6 rings (SSSR count).